The van der Waals surface area contributed by atoms with Gasteiger partial charge in [0.1, 0.15) is 0 Å². The fraction of sp³-hybridized carbons (Fsp3) is 1.00. The van der Waals surface area contributed by atoms with Crippen molar-refractivity contribution in [2.24, 2.45) is 0 Å². The van der Waals surface area contributed by atoms with E-state index in [0.717, 1.165) is 6.26 Å². The Balaban J connectivity index is 3.16. The van der Waals surface area contributed by atoms with Crippen LogP contribution < -0.4 is 0 Å². The van der Waals surface area contributed by atoms with Gasteiger partial charge >= 0.3 is 0 Å². The van der Waals surface area contributed by atoms with Crippen molar-refractivity contribution in [3.8, 4) is 0 Å². The minimum atomic E-state index is -3.27. The fourth-order valence-corrected chi connectivity index (χ4v) is 0.936. The van der Waals surface area contributed by atoms with Crippen molar-refractivity contribution < 1.29 is 17.3 Å². The van der Waals surface area contributed by atoms with Crippen LogP contribution in [0.2, 0.25) is 0 Å². The Morgan fingerprint density at radius 3 is 2.36 bits per heavy atom. The van der Waals surface area contributed by atoms with Crippen molar-refractivity contribution >= 4 is 10.1 Å². The molecule has 0 rings (SSSR count). The van der Waals surface area contributed by atoms with E-state index in [1.807, 2.05) is 6.92 Å². The summed E-state index contributed by atoms with van der Waals surface area (Å²) in [6.45, 7) is 3.29. The predicted octanol–water partition coefficient (Wildman–Crippen LogP) is 0.389. The van der Waals surface area contributed by atoms with Gasteiger partial charge in [-0.25, -0.2) is 0 Å². The molecule has 5 heteroatoms. The maximum atomic E-state index is 10.4. The molecule has 4 nitrogen and oxygen atoms in total. The van der Waals surface area contributed by atoms with E-state index in [1.165, 1.54) is 0 Å². The largest absolute Gasteiger partial charge is 0.382 e. The molecule has 0 aliphatic rings. The molecule has 0 aromatic heterocycles. The molecule has 0 fully saturated rings. The van der Waals surface area contributed by atoms with Crippen molar-refractivity contribution in [3.63, 3.8) is 0 Å². The van der Waals surface area contributed by atoms with Crippen molar-refractivity contribution in [1.29, 1.82) is 0 Å². The molecule has 0 aliphatic carbocycles. The molecule has 0 spiro atoms. The Hall–Kier alpha value is -0.130. The van der Waals surface area contributed by atoms with Crippen molar-refractivity contribution in [2.45, 2.75) is 13.3 Å². The first-order valence-corrected chi connectivity index (χ1v) is 5.30. The Bertz CT molecular complexity index is 173. The Labute approximate surface area is 67.6 Å². The van der Waals surface area contributed by atoms with E-state index >= 15 is 0 Å². The summed E-state index contributed by atoms with van der Waals surface area (Å²) in [5.74, 6) is 0. The van der Waals surface area contributed by atoms with Crippen LogP contribution >= 0.6 is 0 Å². The van der Waals surface area contributed by atoms with Crippen LogP contribution in [-0.4, -0.2) is 34.5 Å². The smallest absolute Gasteiger partial charge is 0.264 e. The van der Waals surface area contributed by atoms with E-state index < -0.39 is 10.1 Å². The monoisotopic (exact) mass is 182 g/mol. The molecule has 0 aromatic carbocycles. The number of rotatable bonds is 6. The molecule has 0 heterocycles. The van der Waals surface area contributed by atoms with Crippen molar-refractivity contribution in [2.75, 3.05) is 26.1 Å². The van der Waals surface area contributed by atoms with Crippen LogP contribution in [-0.2, 0) is 19.0 Å². The summed E-state index contributed by atoms with van der Waals surface area (Å²) in [7, 11) is -3.27. The van der Waals surface area contributed by atoms with E-state index in [2.05, 4.69) is 4.18 Å². The minimum Gasteiger partial charge on any atom is -0.382 e. The van der Waals surface area contributed by atoms with Crippen LogP contribution in [0, 0.1) is 0 Å². The summed E-state index contributed by atoms with van der Waals surface area (Å²) < 4.78 is 30.2. The molecule has 0 bridgehead atoms. The van der Waals surface area contributed by atoms with E-state index in [9.17, 15) is 8.42 Å². The van der Waals surface area contributed by atoms with Crippen molar-refractivity contribution in [1.82, 2.24) is 0 Å². The normalized spacial score (nSPS) is 11.8. The SMILES string of the molecule is CCOCCCOS(C)(=O)=O. The zero-order chi connectivity index (χ0) is 8.74. The summed E-state index contributed by atoms with van der Waals surface area (Å²) in [6.07, 6.45) is 1.65. The molecule has 68 valence electrons. The van der Waals surface area contributed by atoms with Gasteiger partial charge in [-0.1, -0.05) is 0 Å². The highest BCUT2D eigenvalue weighted by Gasteiger charge is 1.99. The molecule has 11 heavy (non-hydrogen) atoms. The molecule has 0 saturated heterocycles. The lowest BCUT2D eigenvalue weighted by Gasteiger charge is -2.00. The van der Waals surface area contributed by atoms with Crippen LogP contribution in [0.1, 0.15) is 13.3 Å². The van der Waals surface area contributed by atoms with E-state index in [-0.39, 0.29) is 6.61 Å². The van der Waals surface area contributed by atoms with Gasteiger partial charge < -0.3 is 4.74 Å². The second kappa shape index (κ2) is 5.51. The predicted molar refractivity (Wildman–Crippen MR) is 41.9 cm³/mol. The molecule has 0 unspecified atom stereocenters. The van der Waals surface area contributed by atoms with Gasteiger partial charge in [0.05, 0.1) is 12.9 Å². The van der Waals surface area contributed by atoms with Crippen LogP contribution in [0.3, 0.4) is 0 Å². The lowest BCUT2D eigenvalue weighted by molar-refractivity contribution is 0.132. The zero-order valence-corrected chi connectivity index (χ0v) is 7.69. The average molecular weight is 182 g/mol. The topological polar surface area (TPSA) is 52.6 Å². The summed E-state index contributed by atoms with van der Waals surface area (Å²) in [6, 6.07) is 0. The van der Waals surface area contributed by atoms with Gasteiger partial charge in [-0.05, 0) is 13.3 Å². The highest BCUT2D eigenvalue weighted by Crippen LogP contribution is 1.90. The molecule has 0 aromatic rings. The maximum Gasteiger partial charge on any atom is 0.264 e. The summed E-state index contributed by atoms with van der Waals surface area (Å²) in [5, 5.41) is 0. The first-order chi connectivity index (χ1) is 5.06. The molecule has 0 saturated carbocycles. The molecule has 0 radical (unpaired) electrons. The first-order valence-electron chi connectivity index (χ1n) is 3.48. The third-order valence-electron chi connectivity index (χ3n) is 0.935. The van der Waals surface area contributed by atoms with Crippen LogP contribution in [0.4, 0.5) is 0 Å². The fourth-order valence-electron chi connectivity index (χ4n) is 0.516. The lowest BCUT2D eigenvalue weighted by Crippen LogP contribution is -2.06. The first kappa shape index (κ1) is 10.9. The van der Waals surface area contributed by atoms with Crippen LogP contribution in [0.5, 0.6) is 0 Å². The van der Waals surface area contributed by atoms with Gasteiger partial charge in [0.15, 0.2) is 0 Å². The number of hydrogen-bond acceptors (Lipinski definition) is 4. The zero-order valence-electron chi connectivity index (χ0n) is 6.87. The maximum absolute atomic E-state index is 10.4. The van der Waals surface area contributed by atoms with Gasteiger partial charge in [0, 0.05) is 13.2 Å². The van der Waals surface area contributed by atoms with Gasteiger partial charge in [0.25, 0.3) is 10.1 Å². The van der Waals surface area contributed by atoms with Crippen LogP contribution in [0.25, 0.3) is 0 Å². The summed E-state index contributed by atoms with van der Waals surface area (Å²) >= 11 is 0. The highest BCUT2D eigenvalue weighted by atomic mass is 32.2. The van der Waals surface area contributed by atoms with Crippen LogP contribution in [0.15, 0.2) is 0 Å². The third-order valence-corrected chi connectivity index (χ3v) is 1.53. The molecule has 0 amide bonds. The second-order valence-corrected chi connectivity index (χ2v) is 3.72. The summed E-state index contributed by atoms with van der Waals surface area (Å²) in [4.78, 5) is 0. The standard InChI is InChI=1S/C6H14O4S/c1-3-9-5-4-6-10-11(2,7)8/h3-6H2,1-2H3. The van der Waals surface area contributed by atoms with Crippen molar-refractivity contribution in [3.05, 3.63) is 0 Å². The number of hydrogen-bond donors (Lipinski definition) is 0. The Kier molecular flexibility index (Phi) is 5.45. The minimum absolute atomic E-state index is 0.207. The molecular formula is C6H14O4S. The Morgan fingerprint density at radius 1 is 1.27 bits per heavy atom. The van der Waals surface area contributed by atoms with Gasteiger partial charge in [-0.15, -0.1) is 0 Å². The lowest BCUT2D eigenvalue weighted by atomic mass is 10.5. The second-order valence-electron chi connectivity index (χ2n) is 2.08. The molecule has 0 N–H and O–H groups in total. The molecule has 0 atom stereocenters. The van der Waals surface area contributed by atoms with E-state index in [0.29, 0.717) is 19.6 Å². The summed E-state index contributed by atoms with van der Waals surface area (Å²) in [5.41, 5.74) is 0. The number of ether oxygens (including phenoxy) is 1. The molecule has 0 aliphatic heterocycles. The van der Waals surface area contributed by atoms with Gasteiger partial charge in [-0.3, -0.25) is 4.18 Å². The van der Waals surface area contributed by atoms with Gasteiger partial charge in [-0.2, -0.15) is 8.42 Å². The molecular weight excluding hydrogens is 168 g/mol. The third kappa shape index (κ3) is 9.87. The van der Waals surface area contributed by atoms with E-state index in [1.54, 1.807) is 0 Å². The average Bonchev–Trinajstić information content (AvgIpc) is 1.85. The quantitative estimate of drug-likeness (QED) is 0.440. The highest BCUT2D eigenvalue weighted by molar-refractivity contribution is 7.85. The van der Waals surface area contributed by atoms with Gasteiger partial charge in [0.2, 0.25) is 0 Å². The Morgan fingerprint density at radius 2 is 1.91 bits per heavy atom. The van der Waals surface area contributed by atoms with E-state index in [4.69, 9.17) is 4.74 Å².